The summed E-state index contributed by atoms with van der Waals surface area (Å²) >= 11 is 0. The van der Waals surface area contributed by atoms with Crippen LogP contribution in [-0.4, -0.2) is 32.9 Å². The molecule has 1 atom stereocenters. The lowest BCUT2D eigenvalue weighted by Gasteiger charge is -2.32. The first kappa shape index (κ1) is 14.7. The van der Waals surface area contributed by atoms with Crippen molar-refractivity contribution in [3.8, 4) is 0 Å². The molecule has 0 aliphatic carbocycles. The van der Waals surface area contributed by atoms with Gasteiger partial charge in [-0.2, -0.15) is 0 Å². The van der Waals surface area contributed by atoms with Gasteiger partial charge < -0.3 is 4.98 Å². The molecule has 2 aromatic rings. The molecule has 1 aliphatic heterocycles. The number of aromatic nitrogens is 2. The molecular weight excluding hydrogens is 280 g/mol. The molecule has 0 spiro atoms. The van der Waals surface area contributed by atoms with Gasteiger partial charge in [-0.3, -0.25) is 15.0 Å². The predicted molar refractivity (Wildman–Crippen MR) is 83.7 cm³/mol. The number of piperidine rings is 1. The Bertz CT molecular complexity index is 654. The van der Waals surface area contributed by atoms with Crippen LogP contribution in [0.1, 0.15) is 35.7 Å². The number of likely N-dealkylation sites (tertiary alicyclic amines) is 1. The predicted octanol–water partition coefficient (Wildman–Crippen LogP) is 3.01. The first-order valence-electron chi connectivity index (χ1n) is 7.59. The Morgan fingerprint density at radius 1 is 1.50 bits per heavy atom. The fourth-order valence-electron chi connectivity index (χ4n) is 3.20. The summed E-state index contributed by atoms with van der Waals surface area (Å²) in [6, 6.07) is 5.33. The van der Waals surface area contributed by atoms with Crippen molar-refractivity contribution in [3.05, 3.63) is 57.7 Å². The van der Waals surface area contributed by atoms with E-state index >= 15 is 0 Å². The van der Waals surface area contributed by atoms with Crippen molar-refractivity contribution in [2.45, 2.75) is 32.2 Å². The second-order valence-corrected chi connectivity index (χ2v) is 5.87. The summed E-state index contributed by atoms with van der Waals surface area (Å²) < 4.78 is 0. The molecule has 116 valence electrons. The Labute approximate surface area is 129 Å². The highest BCUT2D eigenvalue weighted by atomic mass is 16.6. The van der Waals surface area contributed by atoms with Crippen molar-refractivity contribution in [3.63, 3.8) is 0 Å². The van der Waals surface area contributed by atoms with Crippen molar-refractivity contribution < 1.29 is 4.92 Å². The molecule has 1 aromatic carbocycles. The number of benzene rings is 1. The fourth-order valence-corrected chi connectivity index (χ4v) is 3.20. The highest BCUT2D eigenvalue weighted by Crippen LogP contribution is 2.27. The molecule has 3 rings (SSSR count). The number of hydrogen-bond acceptors (Lipinski definition) is 4. The zero-order valence-corrected chi connectivity index (χ0v) is 12.7. The third kappa shape index (κ3) is 3.01. The summed E-state index contributed by atoms with van der Waals surface area (Å²) in [6.07, 6.45) is 5.91. The van der Waals surface area contributed by atoms with Crippen molar-refractivity contribution in [1.29, 1.82) is 0 Å². The number of nitrogens with one attached hydrogen (secondary N) is 1. The van der Waals surface area contributed by atoms with Crippen LogP contribution in [0.15, 0.2) is 30.6 Å². The minimum atomic E-state index is -0.305. The van der Waals surface area contributed by atoms with Crippen LogP contribution in [0.25, 0.3) is 0 Å². The largest absolute Gasteiger partial charge is 0.348 e. The van der Waals surface area contributed by atoms with E-state index in [0.29, 0.717) is 5.92 Å². The number of aromatic amines is 1. The van der Waals surface area contributed by atoms with Crippen LogP contribution in [-0.2, 0) is 6.54 Å². The SMILES string of the molecule is Cc1c(CN2CCC[C@@H](c3ncc[nH]3)C2)cccc1[N+](=O)[O-]. The van der Waals surface area contributed by atoms with E-state index in [2.05, 4.69) is 14.9 Å². The Kier molecular flexibility index (Phi) is 4.20. The van der Waals surface area contributed by atoms with Gasteiger partial charge in [0.25, 0.3) is 5.69 Å². The average Bonchev–Trinajstić information content (AvgIpc) is 3.04. The van der Waals surface area contributed by atoms with Crippen LogP contribution in [0, 0.1) is 17.0 Å². The van der Waals surface area contributed by atoms with Gasteiger partial charge in [-0.05, 0) is 31.9 Å². The van der Waals surface area contributed by atoms with Crippen LogP contribution < -0.4 is 0 Å². The molecule has 1 N–H and O–H groups in total. The number of nitro benzene ring substituents is 1. The van der Waals surface area contributed by atoms with E-state index in [9.17, 15) is 10.1 Å². The number of imidazole rings is 1. The van der Waals surface area contributed by atoms with Crippen molar-refractivity contribution >= 4 is 5.69 Å². The van der Waals surface area contributed by atoms with E-state index in [1.807, 2.05) is 19.2 Å². The summed E-state index contributed by atoms with van der Waals surface area (Å²) in [6.45, 7) is 4.56. The maximum Gasteiger partial charge on any atom is 0.272 e. The van der Waals surface area contributed by atoms with E-state index in [0.717, 1.165) is 49.4 Å². The first-order valence-corrected chi connectivity index (χ1v) is 7.59. The van der Waals surface area contributed by atoms with E-state index < -0.39 is 0 Å². The third-order valence-corrected chi connectivity index (χ3v) is 4.42. The third-order valence-electron chi connectivity index (χ3n) is 4.42. The highest BCUT2D eigenvalue weighted by molar-refractivity contribution is 5.44. The summed E-state index contributed by atoms with van der Waals surface area (Å²) in [7, 11) is 0. The zero-order chi connectivity index (χ0) is 15.5. The van der Waals surface area contributed by atoms with Crippen molar-refractivity contribution in [2.75, 3.05) is 13.1 Å². The van der Waals surface area contributed by atoms with Crippen molar-refractivity contribution in [1.82, 2.24) is 14.9 Å². The average molecular weight is 300 g/mol. The molecule has 1 fully saturated rings. The Morgan fingerprint density at radius 2 is 2.36 bits per heavy atom. The molecule has 0 radical (unpaired) electrons. The van der Waals surface area contributed by atoms with Gasteiger partial charge >= 0.3 is 0 Å². The quantitative estimate of drug-likeness (QED) is 0.695. The second kappa shape index (κ2) is 6.27. The number of rotatable bonds is 4. The maximum absolute atomic E-state index is 11.1. The standard InChI is InChI=1S/C16H20N4O2/c1-12-13(4-2-6-15(12)20(21)22)10-19-9-3-5-14(11-19)16-17-7-8-18-16/h2,4,6-8,14H,3,5,9-11H2,1H3,(H,17,18)/t14-/m1/s1. The van der Waals surface area contributed by atoms with E-state index in [4.69, 9.17) is 0 Å². The molecule has 0 saturated carbocycles. The van der Waals surface area contributed by atoms with Gasteiger partial charge in [-0.15, -0.1) is 0 Å². The van der Waals surface area contributed by atoms with E-state index in [1.165, 1.54) is 0 Å². The molecule has 1 aliphatic rings. The molecule has 0 unspecified atom stereocenters. The minimum Gasteiger partial charge on any atom is -0.348 e. The summed E-state index contributed by atoms with van der Waals surface area (Å²) in [4.78, 5) is 20.7. The molecule has 2 heterocycles. The topological polar surface area (TPSA) is 75.1 Å². The summed E-state index contributed by atoms with van der Waals surface area (Å²) in [5, 5.41) is 11.1. The van der Waals surface area contributed by atoms with Crippen LogP contribution in [0.5, 0.6) is 0 Å². The first-order chi connectivity index (χ1) is 10.6. The van der Waals surface area contributed by atoms with Crippen LogP contribution in [0.4, 0.5) is 5.69 Å². The second-order valence-electron chi connectivity index (χ2n) is 5.87. The normalized spacial score (nSPS) is 19.2. The van der Waals surface area contributed by atoms with E-state index in [1.54, 1.807) is 18.3 Å². The highest BCUT2D eigenvalue weighted by Gasteiger charge is 2.24. The fraction of sp³-hybridized carbons (Fsp3) is 0.438. The number of nitro groups is 1. The lowest BCUT2D eigenvalue weighted by Crippen LogP contribution is -2.34. The summed E-state index contributed by atoms with van der Waals surface area (Å²) in [5.41, 5.74) is 2.01. The molecule has 22 heavy (non-hydrogen) atoms. The number of H-pyrrole nitrogens is 1. The van der Waals surface area contributed by atoms with Gasteiger partial charge in [0.1, 0.15) is 5.82 Å². The molecule has 6 heteroatoms. The Morgan fingerprint density at radius 3 is 3.09 bits per heavy atom. The van der Waals surface area contributed by atoms with Gasteiger partial charge in [0.2, 0.25) is 0 Å². The number of nitrogens with zero attached hydrogens (tertiary/aromatic N) is 3. The Hall–Kier alpha value is -2.21. The summed E-state index contributed by atoms with van der Waals surface area (Å²) in [5.74, 6) is 1.46. The smallest absolute Gasteiger partial charge is 0.272 e. The molecule has 0 bridgehead atoms. The zero-order valence-electron chi connectivity index (χ0n) is 12.7. The maximum atomic E-state index is 11.1. The minimum absolute atomic E-state index is 0.206. The van der Waals surface area contributed by atoms with Crippen molar-refractivity contribution in [2.24, 2.45) is 0 Å². The lowest BCUT2D eigenvalue weighted by atomic mass is 9.96. The van der Waals surface area contributed by atoms with E-state index in [-0.39, 0.29) is 10.6 Å². The number of hydrogen-bond donors (Lipinski definition) is 1. The van der Waals surface area contributed by atoms with Gasteiger partial charge in [-0.1, -0.05) is 12.1 Å². The molecule has 1 aromatic heterocycles. The Balaban J connectivity index is 1.73. The lowest BCUT2D eigenvalue weighted by molar-refractivity contribution is -0.385. The molecule has 0 amide bonds. The monoisotopic (exact) mass is 300 g/mol. The molecule has 1 saturated heterocycles. The van der Waals surface area contributed by atoms with Gasteiger partial charge in [0.05, 0.1) is 4.92 Å². The van der Waals surface area contributed by atoms with Crippen LogP contribution in [0.3, 0.4) is 0 Å². The molecule has 6 nitrogen and oxygen atoms in total. The van der Waals surface area contributed by atoms with Crippen LogP contribution >= 0.6 is 0 Å². The molecular formula is C16H20N4O2. The van der Waals surface area contributed by atoms with Gasteiger partial charge in [0, 0.05) is 43.0 Å². The van der Waals surface area contributed by atoms with Gasteiger partial charge in [-0.25, -0.2) is 4.98 Å². The van der Waals surface area contributed by atoms with Gasteiger partial charge in [0.15, 0.2) is 0 Å². The van der Waals surface area contributed by atoms with Crippen LogP contribution in [0.2, 0.25) is 0 Å².